The van der Waals surface area contributed by atoms with Crippen LogP contribution in [-0.2, 0) is 14.3 Å². The molecule has 6 nitrogen and oxygen atoms in total. The molecule has 116 valence electrons. The number of piperidine rings is 1. The van der Waals surface area contributed by atoms with Crippen LogP contribution in [0.4, 0.5) is 0 Å². The first-order valence-electron chi connectivity index (χ1n) is 7.17. The van der Waals surface area contributed by atoms with Crippen molar-refractivity contribution in [2.75, 3.05) is 33.4 Å². The number of amides is 2. The second kappa shape index (κ2) is 8.21. The Balaban J connectivity index is 2.58. The number of hydrogen-bond donors (Lipinski definition) is 2. The number of carbonyl (C=O) groups is 2. The second-order valence-corrected chi connectivity index (χ2v) is 5.67. The summed E-state index contributed by atoms with van der Waals surface area (Å²) < 4.78 is 4.77. The Morgan fingerprint density at radius 1 is 1.35 bits per heavy atom. The highest BCUT2D eigenvalue weighted by Crippen LogP contribution is 2.18. The van der Waals surface area contributed by atoms with Gasteiger partial charge in [0, 0.05) is 26.8 Å². The third kappa shape index (κ3) is 4.76. The van der Waals surface area contributed by atoms with Crippen molar-refractivity contribution in [2.24, 2.45) is 11.8 Å². The van der Waals surface area contributed by atoms with E-state index in [1.54, 1.807) is 4.90 Å². The highest BCUT2D eigenvalue weighted by atomic mass is 16.5. The smallest absolute Gasteiger partial charge is 0.246 e. The molecular formula is C14H26N2O4. The monoisotopic (exact) mass is 286 g/mol. The van der Waals surface area contributed by atoms with Gasteiger partial charge in [0.05, 0.1) is 0 Å². The molecule has 1 rings (SSSR count). The molecule has 0 aromatic carbocycles. The predicted octanol–water partition coefficient (Wildman–Crippen LogP) is 0.00450. The Morgan fingerprint density at radius 3 is 2.40 bits per heavy atom. The van der Waals surface area contributed by atoms with E-state index in [-0.39, 0.29) is 30.9 Å². The van der Waals surface area contributed by atoms with E-state index in [0.717, 1.165) is 12.8 Å². The van der Waals surface area contributed by atoms with Crippen LogP contribution in [0.2, 0.25) is 0 Å². The van der Waals surface area contributed by atoms with Gasteiger partial charge < -0.3 is 20.1 Å². The van der Waals surface area contributed by atoms with Gasteiger partial charge in [-0.15, -0.1) is 0 Å². The van der Waals surface area contributed by atoms with Crippen LogP contribution in [-0.4, -0.2) is 61.3 Å². The maximum absolute atomic E-state index is 12.5. The van der Waals surface area contributed by atoms with Gasteiger partial charge in [0.1, 0.15) is 12.6 Å². The van der Waals surface area contributed by atoms with E-state index >= 15 is 0 Å². The van der Waals surface area contributed by atoms with Gasteiger partial charge in [-0.05, 0) is 24.7 Å². The predicted molar refractivity (Wildman–Crippen MR) is 75.0 cm³/mol. The highest BCUT2D eigenvalue weighted by Gasteiger charge is 2.30. The summed E-state index contributed by atoms with van der Waals surface area (Å²) in [5.41, 5.74) is 0. The molecule has 2 N–H and O–H groups in total. The third-order valence-electron chi connectivity index (χ3n) is 3.71. The van der Waals surface area contributed by atoms with Crippen molar-refractivity contribution in [3.8, 4) is 0 Å². The minimum absolute atomic E-state index is 0.0267. The molecule has 6 heteroatoms. The largest absolute Gasteiger partial charge is 0.396 e. The topological polar surface area (TPSA) is 78.9 Å². The summed E-state index contributed by atoms with van der Waals surface area (Å²) >= 11 is 0. The molecule has 0 bridgehead atoms. The number of aliphatic hydroxyl groups is 1. The van der Waals surface area contributed by atoms with Gasteiger partial charge in [-0.2, -0.15) is 0 Å². The van der Waals surface area contributed by atoms with Crippen molar-refractivity contribution in [3.05, 3.63) is 0 Å². The number of likely N-dealkylation sites (tertiary alicyclic amines) is 1. The highest BCUT2D eigenvalue weighted by molar-refractivity contribution is 5.88. The van der Waals surface area contributed by atoms with Gasteiger partial charge in [-0.1, -0.05) is 13.8 Å². The lowest BCUT2D eigenvalue weighted by Gasteiger charge is -2.34. The first-order valence-corrected chi connectivity index (χ1v) is 7.17. The van der Waals surface area contributed by atoms with Gasteiger partial charge in [0.2, 0.25) is 11.8 Å². The molecule has 0 unspecified atom stereocenters. The molecule has 0 saturated carbocycles. The normalized spacial score (nSPS) is 18.1. The number of hydrogen-bond acceptors (Lipinski definition) is 4. The Labute approximate surface area is 120 Å². The number of nitrogens with zero attached hydrogens (tertiary/aromatic N) is 1. The summed E-state index contributed by atoms with van der Waals surface area (Å²) in [7, 11) is 1.45. The van der Waals surface area contributed by atoms with Gasteiger partial charge >= 0.3 is 0 Å². The van der Waals surface area contributed by atoms with Crippen LogP contribution < -0.4 is 5.32 Å². The third-order valence-corrected chi connectivity index (χ3v) is 3.71. The zero-order valence-electron chi connectivity index (χ0n) is 12.6. The molecule has 2 amide bonds. The molecule has 0 aromatic rings. The van der Waals surface area contributed by atoms with E-state index < -0.39 is 6.04 Å². The molecule has 1 aliphatic heterocycles. The van der Waals surface area contributed by atoms with Crippen LogP contribution in [0.25, 0.3) is 0 Å². The van der Waals surface area contributed by atoms with Crippen LogP contribution >= 0.6 is 0 Å². The van der Waals surface area contributed by atoms with Crippen LogP contribution in [0.1, 0.15) is 26.7 Å². The van der Waals surface area contributed by atoms with E-state index in [4.69, 9.17) is 9.84 Å². The van der Waals surface area contributed by atoms with Crippen molar-refractivity contribution in [3.63, 3.8) is 0 Å². The number of aliphatic hydroxyl groups excluding tert-OH is 1. The number of rotatable bonds is 6. The maximum Gasteiger partial charge on any atom is 0.246 e. The molecule has 1 fully saturated rings. The summed E-state index contributed by atoms with van der Waals surface area (Å²) in [6.45, 7) is 5.26. The lowest BCUT2D eigenvalue weighted by Crippen LogP contribution is -2.53. The number of carbonyl (C=O) groups excluding carboxylic acids is 2. The number of methoxy groups -OCH3 is 1. The molecule has 1 heterocycles. The Hall–Kier alpha value is -1.14. The first kappa shape index (κ1) is 16.9. The summed E-state index contributed by atoms with van der Waals surface area (Å²) in [5.74, 6) is 0.00383. The van der Waals surface area contributed by atoms with Crippen molar-refractivity contribution < 1.29 is 19.4 Å². The molecule has 20 heavy (non-hydrogen) atoms. The zero-order valence-corrected chi connectivity index (χ0v) is 12.6. The Kier molecular flexibility index (Phi) is 6.95. The molecule has 0 aromatic heterocycles. The molecule has 0 radical (unpaired) electrons. The van der Waals surface area contributed by atoms with Crippen LogP contribution in [0, 0.1) is 11.8 Å². The number of ether oxygens (including phenoxy) is 1. The Morgan fingerprint density at radius 2 is 1.95 bits per heavy atom. The van der Waals surface area contributed by atoms with E-state index in [0.29, 0.717) is 19.0 Å². The standard InChI is InChI=1S/C14H26N2O4/c1-10(2)13(15-12(18)9-20-3)14(19)16-6-4-11(8-17)5-7-16/h10-11,13,17H,4-9H2,1-3H3,(H,15,18)/t13-/m0/s1. The fourth-order valence-corrected chi connectivity index (χ4v) is 2.39. The lowest BCUT2D eigenvalue weighted by atomic mass is 9.96. The van der Waals surface area contributed by atoms with Crippen molar-refractivity contribution >= 4 is 11.8 Å². The molecular weight excluding hydrogens is 260 g/mol. The molecule has 1 saturated heterocycles. The average Bonchev–Trinajstić information content (AvgIpc) is 2.44. The fraction of sp³-hybridized carbons (Fsp3) is 0.857. The summed E-state index contributed by atoms with van der Waals surface area (Å²) in [5, 5.41) is 11.9. The molecule has 1 aliphatic rings. The van der Waals surface area contributed by atoms with Crippen LogP contribution in [0.5, 0.6) is 0 Å². The fourth-order valence-electron chi connectivity index (χ4n) is 2.39. The molecule has 0 aliphatic carbocycles. The summed E-state index contributed by atoms with van der Waals surface area (Å²) in [6, 6.07) is -0.511. The van der Waals surface area contributed by atoms with Gasteiger partial charge in [0.15, 0.2) is 0 Å². The SMILES string of the molecule is COCC(=O)N[C@H](C(=O)N1CCC(CO)CC1)C(C)C. The van der Waals surface area contributed by atoms with Crippen LogP contribution in [0.15, 0.2) is 0 Å². The van der Waals surface area contributed by atoms with Gasteiger partial charge in [-0.3, -0.25) is 9.59 Å². The maximum atomic E-state index is 12.5. The van der Waals surface area contributed by atoms with Crippen LogP contribution in [0.3, 0.4) is 0 Å². The minimum atomic E-state index is -0.511. The van der Waals surface area contributed by atoms with Crippen molar-refractivity contribution in [1.82, 2.24) is 10.2 Å². The van der Waals surface area contributed by atoms with E-state index in [1.807, 2.05) is 13.8 Å². The second-order valence-electron chi connectivity index (χ2n) is 5.67. The molecule has 1 atom stereocenters. The van der Waals surface area contributed by atoms with Crippen molar-refractivity contribution in [1.29, 1.82) is 0 Å². The van der Waals surface area contributed by atoms with Gasteiger partial charge in [0.25, 0.3) is 0 Å². The lowest BCUT2D eigenvalue weighted by molar-refractivity contribution is -0.139. The minimum Gasteiger partial charge on any atom is -0.396 e. The summed E-state index contributed by atoms with van der Waals surface area (Å²) in [6.07, 6.45) is 1.64. The van der Waals surface area contributed by atoms with E-state index in [9.17, 15) is 9.59 Å². The average molecular weight is 286 g/mol. The first-order chi connectivity index (χ1) is 9.49. The van der Waals surface area contributed by atoms with Gasteiger partial charge in [-0.25, -0.2) is 0 Å². The Bertz CT molecular complexity index is 325. The summed E-state index contributed by atoms with van der Waals surface area (Å²) in [4.78, 5) is 25.9. The van der Waals surface area contributed by atoms with Crippen molar-refractivity contribution in [2.45, 2.75) is 32.7 Å². The zero-order chi connectivity index (χ0) is 15.1. The molecule has 0 spiro atoms. The quantitative estimate of drug-likeness (QED) is 0.720. The number of nitrogens with one attached hydrogen (secondary N) is 1. The van der Waals surface area contributed by atoms with E-state index in [2.05, 4.69) is 5.32 Å². The van der Waals surface area contributed by atoms with E-state index in [1.165, 1.54) is 7.11 Å².